The Morgan fingerprint density at radius 2 is 1.89 bits per heavy atom. The predicted octanol–water partition coefficient (Wildman–Crippen LogP) is 3.04. The minimum atomic E-state index is -0.432. The van der Waals surface area contributed by atoms with E-state index in [1.807, 2.05) is 31.2 Å². The predicted molar refractivity (Wildman–Crippen MR) is 98.7 cm³/mol. The molecule has 0 aliphatic carbocycles. The van der Waals surface area contributed by atoms with E-state index in [0.29, 0.717) is 17.0 Å². The van der Waals surface area contributed by atoms with Crippen LogP contribution in [0.1, 0.15) is 23.5 Å². The molecule has 0 spiro atoms. The van der Waals surface area contributed by atoms with Crippen molar-refractivity contribution < 1.29 is 24.2 Å². The number of phenols is 1. The van der Waals surface area contributed by atoms with Gasteiger partial charge in [-0.15, -0.1) is 0 Å². The lowest BCUT2D eigenvalue weighted by Crippen LogP contribution is -2.37. The van der Waals surface area contributed by atoms with Crippen molar-refractivity contribution in [2.45, 2.75) is 19.3 Å². The summed E-state index contributed by atoms with van der Waals surface area (Å²) in [7, 11) is 1.46. The quantitative estimate of drug-likeness (QED) is 0.846. The average Bonchev–Trinajstić information content (AvgIpc) is 3.04. The van der Waals surface area contributed by atoms with Crippen molar-refractivity contribution in [1.82, 2.24) is 0 Å². The highest BCUT2D eigenvalue weighted by molar-refractivity contribution is 6.06. The van der Waals surface area contributed by atoms with Crippen molar-refractivity contribution in [2.24, 2.45) is 0 Å². The normalized spacial score (nSPS) is 19.2. The van der Waals surface area contributed by atoms with E-state index in [4.69, 9.17) is 9.47 Å². The summed E-state index contributed by atoms with van der Waals surface area (Å²) in [5.74, 6) is -0.638. The van der Waals surface area contributed by atoms with Crippen molar-refractivity contribution in [1.29, 1.82) is 0 Å². The van der Waals surface area contributed by atoms with E-state index in [9.17, 15) is 14.7 Å². The molecular weight excluding hydrogens is 346 g/mol. The van der Waals surface area contributed by atoms with E-state index in [1.165, 1.54) is 13.2 Å². The van der Waals surface area contributed by atoms with E-state index in [2.05, 4.69) is 0 Å². The number of aromatic hydroxyl groups is 1. The summed E-state index contributed by atoms with van der Waals surface area (Å²) in [6.07, 6.45) is 0.135. The van der Waals surface area contributed by atoms with E-state index in [-0.39, 0.29) is 24.7 Å². The maximum absolute atomic E-state index is 13.0. The zero-order valence-electron chi connectivity index (χ0n) is 15.1. The first kappa shape index (κ1) is 17.1. The van der Waals surface area contributed by atoms with Crippen LogP contribution in [0.4, 0.5) is 5.69 Å². The summed E-state index contributed by atoms with van der Waals surface area (Å²) in [5, 5.41) is 9.83. The van der Waals surface area contributed by atoms with E-state index < -0.39 is 11.9 Å². The number of cyclic esters (lactones) is 1. The first-order valence-electron chi connectivity index (χ1n) is 8.66. The summed E-state index contributed by atoms with van der Waals surface area (Å²) >= 11 is 0. The minimum Gasteiger partial charge on any atom is -0.504 e. The number of aryl methyl sites for hydroxylation is 1. The Kier molecular flexibility index (Phi) is 4.11. The van der Waals surface area contributed by atoms with E-state index >= 15 is 0 Å². The molecule has 0 bridgehead atoms. The molecule has 2 aromatic rings. The molecule has 0 saturated heterocycles. The van der Waals surface area contributed by atoms with Gasteiger partial charge in [0.15, 0.2) is 11.5 Å². The number of hydrogen-bond acceptors (Lipinski definition) is 5. The van der Waals surface area contributed by atoms with Crippen molar-refractivity contribution in [3.63, 3.8) is 0 Å². The third-order valence-corrected chi connectivity index (χ3v) is 5.02. The van der Waals surface area contributed by atoms with E-state index in [1.54, 1.807) is 17.0 Å². The lowest BCUT2D eigenvalue weighted by Gasteiger charge is -2.32. The zero-order valence-corrected chi connectivity index (χ0v) is 15.1. The number of amides is 1. The average molecular weight is 365 g/mol. The van der Waals surface area contributed by atoms with Crippen molar-refractivity contribution in [2.75, 3.05) is 18.6 Å². The lowest BCUT2D eigenvalue weighted by atomic mass is 9.84. The Morgan fingerprint density at radius 3 is 2.59 bits per heavy atom. The second kappa shape index (κ2) is 6.46. The van der Waals surface area contributed by atoms with Crippen molar-refractivity contribution in [3.8, 4) is 11.5 Å². The number of benzene rings is 2. The summed E-state index contributed by atoms with van der Waals surface area (Å²) < 4.78 is 10.4. The maximum Gasteiger partial charge on any atom is 0.336 e. The van der Waals surface area contributed by atoms with Gasteiger partial charge in [0.25, 0.3) is 0 Å². The fourth-order valence-corrected chi connectivity index (χ4v) is 3.64. The van der Waals surface area contributed by atoms with Gasteiger partial charge < -0.3 is 14.6 Å². The van der Waals surface area contributed by atoms with Gasteiger partial charge in [-0.1, -0.05) is 23.8 Å². The minimum absolute atomic E-state index is 0.00729. The Hall–Kier alpha value is -3.28. The number of hydrogen-bond donors (Lipinski definition) is 1. The number of nitrogens with zero attached hydrogens (tertiary/aromatic N) is 1. The number of phenolic OH excluding ortho intramolecular Hbond substituents is 1. The molecule has 0 unspecified atom stereocenters. The third-order valence-electron chi connectivity index (χ3n) is 5.02. The van der Waals surface area contributed by atoms with Crippen LogP contribution in [0, 0.1) is 6.92 Å². The van der Waals surface area contributed by atoms with Crippen molar-refractivity contribution >= 4 is 17.6 Å². The molecule has 0 saturated carbocycles. The van der Waals surface area contributed by atoms with Crippen LogP contribution in [0.2, 0.25) is 0 Å². The van der Waals surface area contributed by atoms with Gasteiger partial charge >= 0.3 is 5.97 Å². The molecule has 0 aromatic heterocycles. The molecule has 1 amide bonds. The summed E-state index contributed by atoms with van der Waals surface area (Å²) in [4.78, 5) is 27.0. The number of esters is 1. The molecular formula is C21H19NO5. The molecule has 2 aliphatic heterocycles. The van der Waals surface area contributed by atoms with Gasteiger partial charge in [0.05, 0.1) is 18.4 Å². The summed E-state index contributed by atoms with van der Waals surface area (Å²) in [5.41, 5.74) is 3.61. The van der Waals surface area contributed by atoms with Gasteiger partial charge in [-0.2, -0.15) is 0 Å². The highest BCUT2D eigenvalue weighted by Gasteiger charge is 2.43. The second-order valence-corrected chi connectivity index (χ2v) is 6.69. The number of ether oxygens (including phenoxy) is 2. The Morgan fingerprint density at radius 1 is 1.15 bits per heavy atom. The fourth-order valence-electron chi connectivity index (χ4n) is 3.64. The van der Waals surface area contributed by atoms with Gasteiger partial charge in [0.1, 0.15) is 6.61 Å². The fraction of sp³-hybridized carbons (Fsp3) is 0.238. The number of rotatable bonds is 3. The van der Waals surface area contributed by atoms with Gasteiger partial charge in [0.2, 0.25) is 5.91 Å². The Bertz CT molecular complexity index is 961. The molecule has 27 heavy (non-hydrogen) atoms. The van der Waals surface area contributed by atoms with Crippen LogP contribution in [-0.2, 0) is 14.3 Å². The van der Waals surface area contributed by atoms with Crippen LogP contribution in [0.3, 0.4) is 0 Å². The Labute approximate surface area is 156 Å². The number of carbonyl (C=O) groups is 2. The highest BCUT2D eigenvalue weighted by atomic mass is 16.5. The van der Waals surface area contributed by atoms with E-state index in [0.717, 1.165) is 16.8 Å². The van der Waals surface area contributed by atoms with Crippen LogP contribution in [0.5, 0.6) is 11.5 Å². The largest absolute Gasteiger partial charge is 0.504 e. The molecule has 2 aliphatic rings. The molecule has 4 rings (SSSR count). The second-order valence-electron chi connectivity index (χ2n) is 6.69. The SMILES string of the molecule is COc1cc([C@@H]2CC(=O)N(c3ccc(C)cc3)C3=C2C(=O)OC3)ccc1O. The smallest absolute Gasteiger partial charge is 0.336 e. The standard InChI is InChI=1S/C21H19NO5/c1-12-3-6-14(7-4-12)22-16-11-27-21(25)20(16)15(10-19(22)24)13-5-8-17(23)18(9-13)26-2/h3-9,15,23H,10-11H2,1-2H3/t15-/m0/s1. The molecule has 138 valence electrons. The highest BCUT2D eigenvalue weighted by Crippen LogP contribution is 2.43. The zero-order chi connectivity index (χ0) is 19.1. The number of methoxy groups -OCH3 is 1. The maximum atomic E-state index is 13.0. The molecule has 2 aromatic carbocycles. The monoisotopic (exact) mass is 365 g/mol. The molecule has 1 atom stereocenters. The molecule has 0 radical (unpaired) electrons. The van der Waals surface area contributed by atoms with Gasteiger partial charge in [0, 0.05) is 18.0 Å². The van der Waals surface area contributed by atoms with Gasteiger partial charge in [-0.3, -0.25) is 9.69 Å². The third kappa shape index (κ3) is 2.83. The van der Waals surface area contributed by atoms with Crippen molar-refractivity contribution in [3.05, 3.63) is 64.9 Å². The first-order chi connectivity index (χ1) is 13.0. The van der Waals surface area contributed by atoms with Gasteiger partial charge in [-0.25, -0.2) is 4.79 Å². The van der Waals surface area contributed by atoms with Crippen LogP contribution in [0.25, 0.3) is 0 Å². The van der Waals surface area contributed by atoms with Crippen LogP contribution >= 0.6 is 0 Å². The van der Waals surface area contributed by atoms with Gasteiger partial charge in [-0.05, 0) is 36.8 Å². The Balaban J connectivity index is 1.81. The summed E-state index contributed by atoms with van der Waals surface area (Å²) in [6.45, 7) is 2.04. The van der Waals surface area contributed by atoms with Crippen LogP contribution in [-0.4, -0.2) is 30.7 Å². The molecule has 6 nitrogen and oxygen atoms in total. The first-order valence-corrected chi connectivity index (χ1v) is 8.66. The number of carbonyl (C=O) groups excluding carboxylic acids is 2. The lowest BCUT2D eigenvalue weighted by molar-refractivity contribution is -0.136. The molecule has 6 heteroatoms. The van der Waals surface area contributed by atoms with Crippen LogP contribution < -0.4 is 9.64 Å². The molecule has 2 heterocycles. The molecule has 0 fully saturated rings. The number of anilines is 1. The summed E-state index contributed by atoms with van der Waals surface area (Å²) in [6, 6.07) is 12.5. The molecule has 1 N–H and O–H groups in total. The van der Waals surface area contributed by atoms with Crippen LogP contribution in [0.15, 0.2) is 53.7 Å². The topological polar surface area (TPSA) is 76.1 Å².